The summed E-state index contributed by atoms with van der Waals surface area (Å²) in [6, 6.07) is -0.191. The quantitative estimate of drug-likeness (QED) is 0.427. The van der Waals surface area contributed by atoms with Gasteiger partial charge in [0.2, 0.25) is 0 Å². The minimum atomic E-state index is -0.362. The van der Waals surface area contributed by atoms with Crippen LogP contribution in [0.3, 0.4) is 0 Å². The van der Waals surface area contributed by atoms with E-state index in [4.69, 9.17) is 21.1 Å². The Morgan fingerprint density at radius 2 is 2.06 bits per heavy atom. The summed E-state index contributed by atoms with van der Waals surface area (Å²) in [6.45, 7) is 8.12. The molecular weight excluding hydrogens is 468 g/mol. The van der Waals surface area contributed by atoms with Crippen molar-refractivity contribution in [1.82, 2.24) is 25.6 Å². The van der Waals surface area contributed by atoms with Gasteiger partial charge in [-0.15, -0.1) is 0 Å². The number of anilines is 1. The van der Waals surface area contributed by atoms with E-state index in [2.05, 4.69) is 30.5 Å². The van der Waals surface area contributed by atoms with Gasteiger partial charge in [0.1, 0.15) is 4.88 Å². The lowest BCUT2D eigenvalue weighted by atomic mass is 10.0. The van der Waals surface area contributed by atoms with Crippen LogP contribution in [0.15, 0.2) is 0 Å². The molecule has 33 heavy (non-hydrogen) atoms. The highest BCUT2D eigenvalue weighted by Gasteiger charge is 2.34. The number of nitrogens with one attached hydrogen (secondary N) is 3. The molecule has 2 atom stereocenters. The fraction of sp³-hybridized carbons (Fsp3) is 0.619. The van der Waals surface area contributed by atoms with E-state index in [0.717, 1.165) is 10.8 Å². The van der Waals surface area contributed by atoms with Gasteiger partial charge in [0.05, 0.1) is 30.1 Å². The first kappa shape index (κ1) is 25.4. The van der Waals surface area contributed by atoms with E-state index in [1.165, 1.54) is 11.3 Å². The predicted octanol–water partition coefficient (Wildman–Crippen LogP) is 2.39. The molecule has 1 amide bonds. The Kier molecular flexibility index (Phi) is 9.07. The van der Waals surface area contributed by atoms with Gasteiger partial charge in [0.25, 0.3) is 5.91 Å². The van der Waals surface area contributed by atoms with E-state index in [-0.39, 0.29) is 29.8 Å². The molecule has 0 bridgehead atoms. The maximum absolute atomic E-state index is 12.8. The molecule has 3 rings (SSSR count). The normalized spacial score (nSPS) is 18.4. The van der Waals surface area contributed by atoms with Crippen molar-refractivity contribution in [1.29, 1.82) is 0 Å². The molecule has 1 aliphatic rings. The molecule has 1 saturated heterocycles. The molecule has 3 N–H and O–H groups in total. The first-order valence-electron chi connectivity index (χ1n) is 11.1. The molecule has 182 valence electrons. The van der Waals surface area contributed by atoms with Crippen LogP contribution in [0.25, 0.3) is 0 Å². The van der Waals surface area contributed by atoms with Gasteiger partial charge in [-0.1, -0.05) is 29.9 Å². The number of aromatic amines is 1. The third-order valence-electron chi connectivity index (χ3n) is 5.31. The number of halogens is 1. The lowest BCUT2D eigenvalue weighted by molar-refractivity contribution is 0.0271. The molecular formula is C21H31ClN6O4S. The lowest BCUT2D eigenvalue weighted by Gasteiger charge is -2.38. The van der Waals surface area contributed by atoms with E-state index in [1.54, 1.807) is 6.92 Å². The van der Waals surface area contributed by atoms with Crippen LogP contribution in [0.4, 0.5) is 5.13 Å². The molecule has 12 heteroatoms. The Hall–Kier alpha value is -2.21. The van der Waals surface area contributed by atoms with Gasteiger partial charge >= 0.3 is 5.97 Å². The minimum Gasteiger partial charge on any atom is -0.462 e. The number of hydrogen-bond donors (Lipinski definition) is 3. The highest BCUT2D eigenvalue weighted by Crippen LogP contribution is 2.30. The third-order valence-corrected chi connectivity index (χ3v) is 6.77. The second kappa shape index (κ2) is 11.8. The Balaban J connectivity index is 1.73. The molecule has 0 saturated carbocycles. The van der Waals surface area contributed by atoms with E-state index in [0.29, 0.717) is 61.4 Å². The number of aryl methyl sites for hydroxylation is 1. The standard InChI is InChI=1S/C21H31ClN6O4S/c1-5-12-17(22)27-18(24-12)19(29)25-13-8-9-28(11-15(13)31-6-2)21-26-14(10-23-4)16(33-21)20(30)32-7-3/h13,15,23H,5-11H2,1-4H3,(H,24,27)(H,25,29)/t13-,15+/m1/s1. The molecule has 0 aromatic carbocycles. The highest BCUT2D eigenvalue weighted by molar-refractivity contribution is 7.17. The third kappa shape index (κ3) is 6.03. The summed E-state index contributed by atoms with van der Waals surface area (Å²) in [7, 11) is 1.81. The number of amides is 1. The van der Waals surface area contributed by atoms with Crippen molar-refractivity contribution in [2.75, 3.05) is 38.3 Å². The number of imidazole rings is 1. The smallest absolute Gasteiger partial charge is 0.350 e. The lowest BCUT2D eigenvalue weighted by Crippen LogP contribution is -2.55. The Morgan fingerprint density at radius 1 is 1.27 bits per heavy atom. The van der Waals surface area contributed by atoms with Crippen molar-refractivity contribution < 1.29 is 19.1 Å². The van der Waals surface area contributed by atoms with Gasteiger partial charge < -0.3 is 30.0 Å². The van der Waals surface area contributed by atoms with Crippen LogP contribution in [-0.2, 0) is 22.4 Å². The van der Waals surface area contributed by atoms with Crippen molar-refractivity contribution in [3.63, 3.8) is 0 Å². The summed E-state index contributed by atoms with van der Waals surface area (Å²) in [5.41, 5.74) is 1.40. The van der Waals surface area contributed by atoms with Gasteiger partial charge in [0, 0.05) is 26.2 Å². The fourth-order valence-electron chi connectivity index (χ4n) is 3.72. The van der Waals surface area contributed by atoms with Crippen LogP contribution >= 0.6 is 22.9 Å². The number of aromatic nitrogens is 3. The van der Waals surface area contributed by atoms with Crippen LogP contribution in [0, 0.1) is 0 Å². The Morgan fingerprint density at radius 3 is 2.70 bits per heavy atom. The number of hydrogen-bond acceptors (Lipinski definition) is 9. The summed E-state index contributed by atoms with van der Waals surface area (Å²) in [5, 5.41) is 7.14. The van der Waals surface area contributed by atoms with Gasteiger partial charge in [-0.2, -0.15) is 0 Å². The first-order valence-corrected chi connectivity index (χ1v) is 12.3. The van der Waals surface area contributed by atoms with E-state index < -0.39 is 0 Å². The van der Waals surface area contributed by atoms with Crippen LogP contribution in [-0.4, -0.2) is 72.3 Å². The number of rotatable bonds is 10. The van der Waals surface area contributed by atoms with Crippen LogP contribution in [0.2, 0.25) is 5.15 Å². The van der Waals surface area contributed by atoms with Gasteiger partial charge in [0.15, 0.2) is 16.1 Å². The van der Waals surface area contributed by atoms with Crippen molar-refractivity contribution in [3.8, 4) is 0 Å². The molecule has 1 fully saturated rings. The number of carbonyl (C=O) groups excluding carboxylic acids is 2. The average molecular weight is 499 g/mol. The van der Waals surface area contributed by atoms with Crippen LogP contribution < -0.4 is 15.5 Å². The maximum atomic E-state index is 12.8. The van der Waals surface area contributed by atoms with Gasteiger partial charge in [-0.3, -0.25) is 4.79 Å². The second-order valence-corrected chi connectivity index (χ2v) is 8.88. The number of ether oxygens (including phenoxy) is 2. The number of carbonyl (C=O) groups is 2. The minimum absolute atomic E-state index is 0.191. The summed E-state index contributed by atoms with van der Waals surface area (Å²) >= 11 is 7.40. The zero-order valence-corrected chi connectivity index (χ0v) is 20.9. The van der Waals surface area contributed by atoms with E-state index in [9.17, 15) is 9.59 Å². The molecule has 0 radical (unpaired) electrons. The largest absolute Gasteiger partial charge is 0.462 e. The molecule has 2 aromatic heterocycles. The molecule has 1 aliphatic heterocycles. The SMILES string of the molecule is CCOC(=O)c1sc(N2CC[C@@H](NC(=O)c3nc(Cl)c(CC)[nH]3)[C@@H](OCC)C2)nc1CNC. The summed E-state index contributed by atoms with van der Waals surface area (Å²) in [4.78, 5) is 39.5. The molecule has 2 aromatic rings. The second-order valence-electron chi connectivity index (χ2n) is 7.54. The topological polar surface area (TPSA) is 121 Å². The molecule has 0 unspecified atom stereocenters. The molecule has 3 heterocycles. The maximum Gasteiger partial charge on any atom is 0.350 e. The summed E-state index contributed by atoms with van der Waals surface area (Å²) in [6.07, 6.45) is 1.07. The first-order chi connectivity index (χ1) is 15.9. The summed E-state index contributed by atoms with van der Waals surface area (Å²) in [5.74, 6) is -0.473. The Labute approximate surface area is 202 Å². The van der Waals surface area contributed by atoms with Gasteiger partial charge in [-0.05, 0) is 33.7 Å². The van der Waals surface area contributed by atoms with Crippen molar-refractivity contribution in [2.45, 2.75) is 52.3 Å². The highest BCUT2D eigenvalue weighted by atomic mass is 35.5. The number of esters is 1. The molecule has 10 nitrogen and oxygen atoms in total. The Bertz CT molecular complexity index is 965. The number of thiazole rings is 1. The average Bonchev–Trinajstić information content (AvgIpc) is 3.39. The van der Waals surface area contributed by atoms with E-state index in [1.807, 2.05) is 20.9 Å². The monoisotopic (exact) mass is 498 g/mol. The van der Waals surface area contributed by atoms with Crippen molar-refractivity contribution in [3.05, 3.63) is 27.2 Å². The fourth-order valence-corrected chi connectivity index (χ4v) is 5.00. The van der Waals surface area contributed by atoms with Gasteiger partial charge in [-0.25, -0.2) is 14.8 Å². The predicted molar refractivity (Wildman–Crippen MR) is 127 cm³/mol. The number of piperidine rings is 1. The zero-order chi connectivity index (χ0) is 24.0. The molecule has 0 aliphatic carbocycles. The zero-order valence-electron chi connectivity index (χ0n) is 19.4. The van der Waals surface area contributed by atoms with Crippen LogP contribution in [0.5, 0.6) is 0 Å². The van der Waals surface area contributed by atoms with Crippen LogP contribution in [0.1, 0.15) is 58.9 Å². The van der Waals surface area contributed by atoms with Crippen molar-refractivity contribution >= 4 is 39.9 Å². The number of nitrogens with zero attached hydrogens (tertiary/aromatic N) is 3. The number of H-pyrrole nitrogens is 1. The molecule has 0 spiro atoms. The van der Waals surface area contributed by atoms with E-state index >= 15 is 0 Å². The summed E-state index contributed by atoms with van der Waals surface area (Å²) < 4.78 is 11.2. The van der Waals surface area contributed by atoms with Crippen molar-refractivity contribution in [2.24, 2.45) is 0 Å².